The van der Waals surface area contributed by atoms with Crippen LogP contribution in [0.3, 0.4) is 0 Å². The molecule has 0 N–H and O–H groups in total. The van der Waals surface area contributed by atoms with Gasteiger partial charge in [-0.2, -0.15) is 0 Å². The predicted octanol–water partition coefficient (Wildman–Crippen LogP) is -0.365. The molecule has 0 aromatic carbocycles. The first kappa shape index (κ1) is 16.0. The molecule has 3 heteroatoms. The van der Waals surface area contributed by atoms with Crippen molar-refractivity contribution in [1.82, 2.24) is 0 Å². The van der Waals surface area contributed by atoms with Crippen molar-refractivity contribution in [2.75, 3.05) is 6.61 Å². The van der Waals surface area contributed by atoms with E-state index in [0.29, 0.717) is 0 Å². The second-order valence-electron chi connectivity index (χ2n) is 0.704. The smallest absolute Gasteiger partial charge is 0 e. The van der Waals surface area contributed by atoms with Gasteiger partial charge in [-0.1, -0.05) is 13.3 Å². The Morgan fingerprint density at radius 1 is 1.50 bits per heavy atom. The van der Waals surface area contributed by atoms with Crippen LogP contribution in [0.4, 0.5) is 0 Å². The van der Waals surface area contributed by atoms with Gasteiger partial charge in [0.2, 0.25) is 0 Å². The fourth-order valence-electron chi connectivity index (χ4n) is 0. The molecule has 0 saturated carbocycles. The molecule has 0 amide bonds. The van der Waals surface area contributed by atoms with Crippen LogP contribution in [0.5, 0.6) is 0 Å². The first-order valence-corrected chi connectivity index (χ1v) is 1.50. The molecule has 0 aromatic rings. The summed E-state index contributed by atoms with van der Waals surface area (Å²) in [5.41, 5.74) is 0. The van der Waals surface area contributed by atoms with E-state index in [4.69, 9.17) is 0 Å². The van der Waals surface area contributed by atoms with Gasteiger partial charge in [0.25, 0.3) is 0 Å². The fraction of sp³-hybridized carbons (Fsp3) is 1.00. The van der Waals surface area contributed by atoms with Crippen molar-refractivity contribution < 1.29 is 29.1 Å². The number of hydrogen-bond donors (Lipinski definition) is 0. The van der Waals surface area contributed by atoms with Crippen molar-refractivity contribution in [2.45, 2.75) is 13.3 Å². The average Bonchev–Trinajstić information content (AvgIpc) is 1.37. The summed E-state index contributed by atoms with van der Waals surface area (Å²) < 4.78 is 0. The molecule has 0 aromatic heterocycles. The minimum absolute atomic E-state index is 0. The third kappa shape index (κ3) is 24.4. The van der Waals surface area contributed by atoms with Crippen molar-refractivity contribution in [3.05, 3.63) is 0 Å². The van der Waals surface area contributed by atoms with E-state index in [0.717, 1.165) is 6.42 Å². The predicted molar refractivity (Wildman–Crippen MR) is 15.8 cm³/mol. The molecule has 0 heterocycles. The van der Waals surface area contributed by atoms with Crippen LogP contribution >= 0.6 is 0 Å². The Labute approximate surface area is 49.8 Å². The van der Waals surface area contributed by atoms with Crippen molar-refractivity contribution in [3.8, 4) is 0 Å². The van der Waals surface area contributed by atoms with Crippen molar-refractivity contribution in [1.29, 1.82) is 0 Å². The van der Waals surface area contributed by atoms with E-state index in [9.17, 15) is 5.11 Å². The summed E-state index contributed by atoms with van der Waals surface area (Å²) in [6.07, 6.45) is 0.764. The van der Waals surface area contributed by atoms with Crippen LogP contribution in [0.25, 0.3) is 0 Å². The first-order chi connectivity index (χ1) is 1.91. The van der Waals surface area contributed by atoms with Crippen LogP contribution < -0.4 is 5.11 Å². The number of rotatable bonds is 1. The second-order valence-corrected chi connectivity index (χ2v) is 0.704. The molecule has 0 bridgehead atoms. The van der Waals surface area contributed by atoms with E-state index in [1.54, 1.807) is 0 Å². The zero-order chi connectivity index (χ0) is 3.41. The second kappa shape index (κ2) is 17.8. The molecule has 0 saturated heterocycles. The van der Waals surface area contributed by atoms with Crippen LogP contribution in [0.15, 0.2) is 0 Å². The average molecular weight is 126 g/mol. The van der Waals surface area contributed by atoms with Crippen LogP contribution in [-0.2, 0) is 24.0 Å². The molecular weight excluding hydrogens is 119 g/mol. The topological polar surface area (TPSA) is 51.6 Å². The van der Waals surface area contributed by atoms with E-state index in [-0.39, 0.29) is 30.6 Å². The monoisotopic (exact) mass is 126 g/mol. The Morgan fingerprint density at radius 3 is 1.67 bits per heavy atom. The summed E-state index contributed by atoms with van der Waals surface area (Å²) in [4.78, 5) is 0. The summed E-state index contributed by atoms with van der Waals surface area (Å²) in [6, 6.07) is 0. The van der Waals surface area contributed by atoms with Crippen LogP contribution in [0.1, 0.15) is 13.3 Å². The molecule has 0 spiro atoms. The minimum atomic E-state index is 0. The number of hydrogen-bond acceptors (Lipinski definition) is 1. The Balaban J connectivity index is -0.0000000450. The fourth-order valence-corrected chi connectivity index (χ4v) is 0. The molecular formula is C3H7O2V-3. The maximum absolute atomic E-state index is 9.30. The van der Waals surface area contributed by atoms with Gasteiger partial charge in [0.15, 0.2) is 0 Å². The third-order valence-corrected chi connectivity index (χ3v) is 0.204. The quantitative estimate of drug-likeness (QED) is 0.473. The molecule has 0 aliphatic heterocycles. The molecule has 6 heavy (non-hydrogen) atoms. The molecule has 0 aliphatic rings. The van der Waals surface area contributed by atoms with Crippen molar-refractivity contribution in [2.24, 2.45) is 0 Å². The van der Waals surface area contributed by atoms with Gasteiger partial charge >= 0.3 is 0 Å². The molecule has 2 nitrogen and oxygen atoms in total. The summed E-state index contributed by atoms with van der Waals surface area (Å²) in [5, 5.41) is 9.30. The van der Waals surface area contributed by atoms with Gasteiger partial charge in [0.1, 0.15) is 0 Å². The van der Waals surface area contributed by atoms with E-state index in [1.807, 2.05) is 6.92 Å². The van der Waals surface area contributed by atoms with Crippen LogP contribution in [0, 0.1) is 0 Å². The van der Waals surface area contributed by atoms with Gasteiger partial charge in [-0.3, -0.25) is 0 Å². The standard InChI is InChI=1S/C3H7O.O.V/c1-2-3-4;;/h2-3H2,1H3;;/q-1;-2;. The van der Waals surface area contributed by atoms with Crippen LogP contribution in [0.2, 0.25) is 0 Å². The van der Waals surface area contributed by atoms with Gasteiger partial charge < -0.3 is 10.6 Å². The van der Waals surface area contributed by atoms with Crippen molar-refractivity contribution >= 4 is 0 Å². The molecule has 39 valence electrons. The van der Waals surface area contributed by atoms with Crippen molar-refractivity contribution in [3.63, 3.8) is 0 Å². The zero-order valence-corrected chi connectivity index (χ0v) is 5.07. The Kier molecular flexibility index (Phi) is 47.6. The Morgan fingerprint density at radius 2 is 1.67 bits per heavy atom. The molecule has 0 atom stereocenters. The van der Waals surface area contributed by atoms with E-state index in [2.05, 4.69) is 0 Å². The van der Waals surface area contributed by atoms with Gasteiger partial charge in [0, 0.05) is 18.6 Å². The van der Waals surface area contributed by atoms with E-state index >= 15 is 0 Å². The Bertz CT molecular complexity index is 10.8. The molecule has 0 aliphatic carbocycles. The normalized spacial score (nSPS) is 5.00. The molecule has 0 rings (SSSR count). The van der Waals surface area contributed by atoms with E-state index in [1.165, 1.54) is 0 Å². The molecule has 0 fully saturated rings. The maximum atomic E-state index is 9.30. The summed E-state index contributed by atoms with van der Waals surface area (Å²) in [7, 11) is 0. The van der Waals surface area contributed by atoms with Gasteiger partial charge in [-0.25, -0.2) is 0 Å². The molecule has 0 unspecified atom stereocenters. The zero-order valence-electron chi connectivity index (χ0n) is 3.68. The maximum Gasteiger partial charge on any atom is 0 e. The third-order valence-electron chi connectivity index (χ3n) is 0.204. The summed E-state index contributed by atoms with van der Waals surface area (Å²) in [5.74, 6) is 0. The summed E-state index contributed by atoms with van der Waals surface area (Å²) in [6.45, 7) is 1.94. The largest absolute Gasteiger partial charge is 2.00 e. The molecule has 1 radical (unpaired) electrons. The van der Waals surface area contributed by atoms with Gasteiger partial charge in [-0.15, -0.1) is 6.61 Å². The van der Waals surface area contributed by atoms with Gasteiger partial charge in [-0.05, 0) is 0 Å². The SMILES string of the molecule is CCC[O-].[O-2].[V]. The minimum Gasteiger partial charge on any atom is -2.00 e. The first-order valence-electron chi connectivity index (χ1n) is 1.50. The van der Waals surface area contributed by atoms with E-state index < -0.39 is 0 Å². The van der Waals surface area contributed by atoms with Gasteiger partial charge in [0.05, 0.1) is 0 Å². The summed E-state index contributed by atoms with van der Waals surface area (Å²) >= 11 is 0. The van der Waals surface area contributed by atoms with Crippen LogP contribution in [-0.4, -0.2) is 6.61 Å². The Hall–Kier alpha value is 0.504.